The van der Waals surface area contributed by atoms with Crippen LogP contribution in [0, 0.1) is 0 Å². The Morgan fingerprint density at radius 3 is 2.38 bits per heavy atom. The molecule has 0 atom stereocenters. The first-order chi connectivity index (χ1) is 10.1. The highest BCUT2D eigenvalue weighted by atomic mass is 16.5. The SMILES string of the molecule is Nc1ccc(C(=O)OCC(=O)N2CCCCCC2)c(N)c1. The lowest BCUT2D eigenvalue weighted by atomic mass is 10.1. The van der Waals surface area contributed by atoms with E-state index in [-0.39, 0.29) is 23.8 Å². The van der Waals surface area contributed by atoms with Crippen LogP contribution in [-0.4, -0.2) is 36.5 Å². The van der Waals surface area contributed by atoms with Crippen LogP contribution in [0.15, 0.2) is 18.2 Å². The van der Waals surface area contributed by atoms with Crippen LogP contribution in [-0.2, 0) is 9.53 Å². The number of esters is 1. The third-order valence-corrected chi connectivity index (χ3v) is 3.58. The fourth-order valence-electron chi connectivity index (χ4n) is 2.38. The molecule has 6 heteroatoms. The summed E-state index contributed by atoms with van der Waals surface area (Å²) in [7, 11) is 0. The zero-order valence-electron chi connectivity index (χ0n) is 12.0. The maximum Gasteiger partial charge on any atom is 0.340 e. The van der Waals surface area contributed by atoms with Crippen LogP contribution in [0.4, 0.5) is 11.4 Å². The second-order valence-corrected chi connectivity index (χ2v) is 5.22. The molecule has 0 aliphatic carbocycles. The summed E-state index contributed by atoms with van der Waals surface area (Å²) in [6.45, 7) is 1.23. The number of carbonyl (C=O) groups excluding carboxylic acids is 2. The lowest BCUT2D eigenvalue weighted by Crippen LogP contribution is -2.35. The van der Waals surface area contributed by atoms with E-state index in [1.165, 1.54) is 12.1 Å². The van der Waals surface area contributed by atoms with Gasteiger partial charge in [-0.25, -0.2) is 4.79 Å². The van der Waals surface area contributed by atoms with E-state index < -0.39 is 5.97 Å². The van der Waals surface area contributed by atoms with E-state index in [4.69, 9.17) is 16.2 Å². The molecule has 1 amide bonds. The second kappa shape index (κ2) is 6.97. The summed E-state index contributed by atoms with van der Waals surface area (Å²) < 4.78 is 5.05. The van der Waals surface area contributed by atoms with E-state index in [9.17, 15) is 9.59 Å². The highest BCUT2D eigenvalue weighted by Gasteiger charge is 2.18. The van der Waals surface area contributed by atoms with Crippen LogP contribution in [0.3, 0.4) is 0 Å². The molecule has 0 spiro atoms. The monoisotopic (exact) mass is 291 g/mol. The molecule has 0 unspecified atom stereocenters. The van der Waals surface area contributed by atoms with E-state index in [1.54, 1.807) is 11.0 Å². The van der Waals surface area contributed by atoms with E-state index in [0.717, 1.165) is 38.8 Å². The van der Waals surface area contributed by atoms with Crippen LogP contribution in [0.5, 0.6) is 0 Å². The Morgan fingerprint density at radius 1 is 1.10 bits per heavy atom. The molecule has 6 nitrogen and oxygen atoms in total. The summed E-state index contributed by atoms with van der Waals surface area (Å²) in [6.07, 6.45) is 4.30. The average Bonchev–Trinajstić information content (AvgIpc) is 2.73. The van der Waals surface area contributed by atoms with E-state index >= 15 is 0 Å². The molecular weight excluding hydrogens is 270 g/mol. The van der Waals surface area contributed by atoms with Crippen molar-refractivity contribution in [1.29, 1.82) is 0 Å². The Hall–Kier alpha value is -2.24. The minimum atomic E-state index is -0.601. The highest BCUT2D eigenvalue weighted by Crippen LogP contribution is 2.17. The number of benzene rings is 1. The number of rotatable bonds is 3. The predicted octanol–water partition coefficient (Wildman–Crippen LogP) is 1.41. The minimum Gasteiger partial charge on any atom is -0.452 e. The molecule has 1 aliphatic rings. The molecule has 21 heavy (non-hydrogen) atoms. The zero-order valence-corrected chi connectivity index (χ0v) is 12.0. The fraction of sp³-hybridized carbons (Fsp3) is 0.467. The first kappa shape index (κ1) is 15.2. The van der Waals surface area contributed by atoms with Crippen molar-refractivity contribution in [2.45, 2.75) is 25.7 Å². The normalized spacial score (nSPS) is 15.3. The van der Waals surface area contributed by atoms with Crippen molar-refractivity contribution in [3.8, 4) is 0 Å². The van der Waals surface area contributed by atoms with Crippen molar-refractivity contribution in [2.24, 2.45) is 0 Å². The van der Waals surface area contributed by atoms with Crippen LogP contribution in [0.2, 0.25) is 0 Å². The lowest BCUT2D eigenvalue weighted by molar-refractivity contribution is -0.134. The molecular formula is C15H21N3O3. The highest BCUT2D eigenvalue weighted by molar-refractivity contribution is 5.96. The van der Waals surface area contributed by atoms with Crippen molar-refractivity contribution < 1.29 is 14.3 Å². The third kappa shape index (κ3) is 4.11. The predicted molar refractivity (Wildman–Crippen MR) is 80.6 cm³/mol. The summed E-state index contributed by atoms with van der Waals surface area (Å²) in [4.78, 5) is 25.7. The first-order valence-corrected chi connectivity index (χ1v) is 7.18. The van der Waals surface area contributed by atoms with Gasteiger partial charge in [-0.1, -0.05) is 12.8 Å². The smallest absolute Gasteiger partial charge is 0.340 e. The average molecular weight is 291 g/mol. The molecule has 114 valence electrons. The minimum absolute atomic E-state index is 0.153. The number of nitrogens with two attached hydrogens (primary N) is 2. The quantitative estimate of drug-likeness (QED) is 0.648. The zero-order chi connectivity index (χ0) is 15.2. The number of hydrogen-bond acceptors (Lipinski definition) is 5. The lowest BCUT2D eigenvalue weighted by Gasteiger charge is -2.20. The molecule has 4 N–H and O–H groups in total. The van der Waals surface area contributed by atoms with Crippen molar-refractivity contribution >= 4 is 23.3 Å². The van der Waals surface area contributed by atoms with Crippen molar-refractivity contribution in [1.82, 2.24) is 4.90 Å². The number of carbonyl (C=O) groups is 2. The van der Waals surface area contributed by atoms with Gasteiger partial charge in [-0.05, 0) is 31.0 Å². The Kier molecular flexibility index (Phi) is 5.03. The van der Waals surface area contributed by atoms with Gasteiger partial charge in [-0.15, -0.1) is 0 Å². The summed E-state index contributed by atoms with van der Waals surface area (Å²) in [6, 6.07) is 4.57. The van der Waals surface area contributed by atoms with Gasteiger partial charge in [-0.3, -0.25) is 4.79 Å². The summed E-state index contributed by atoms with van der Waals surface area (Å²) in [5, 5.41) is 0. The number of hydrogen-bond donors (Lipinski definition) is 2. The van der Waals surface area contributed by atoms with E-state index in [1.807, 2.05) is 0 Å². The molecule has 2 rings (SSSR count). The van der Waals surface area contributed by atoms with Crippen LogP contribution >= 0.6 is 0 Å². The molecule has 0 aromatic heterocycles. The molecule has 1 fully saturated rings. The Balaban J connectivity index is 1.89. The number of likely N-dealkylation sites (tertiary alicyclic amines) is 1. The Bertz CT molecular complexity index is 523. The largest absolute Gasteiger partial charge is 0.452 e. The molecule has 0 bridgehead atoms. The molecule has 1 heterocycles. The summed E-state index contributed by atoms with van der Waals surface area (Å²) >= 11 is 0. The number of ether oxygens (including phenoxy) is 1. The molecule has 1 aromatic rings. The van der Waals surface area contributed by atoms with Gasteiger partial charge in [0.25, 0.3) is 5.91 Å². The van der Waals surface area contributed by atoms with Gasteiger partial charge in [0.2, 0.25) is 0 Å². The van der Waals surface area contributed by atoms with Crippen molar-refractivity contribution in [3.05, 3.63) is 23.8 Å². The van der Waals surface area contributed by atoms with Crippen LogP contribution in [0.1, 0.15) is 36.0 Å². The number of nitrogens with zero attached hydrogens (tertiary/aromatic N) is 1. The molecule has 1 saturated heterocycles. The van der Waals surface area contributed by atoms with Gasteiger partial charge in [0, 0.05) is 24.5 Å². The molecule has 0 saturated carbocycles. The van der Waals surface area contributed by atoms with Crippen molar-refractivity contribution in [3.63, 3.8) is 0 Å². The molecule has 1 aliphatic heterocycles. The Labute approximate surface area is 124 Å². The maximum atomic E-state index is 12.0. The standard InChI is InChI=1S/C15H21N3O3/c16-11-5-6-12(13(17)9-11)15(20)21-10-14(19)18-7-3-1-2-4-8-18/h5-6,9H,1-4,7-8,10,16-17H2. The summed E-state index contributed by atoms with van der Waals surface area (Å²) in [5.74, 6) is -0.755. The van der Waals surface area contributed by atoms with E-state index in [2.05, 4.69) is 0 Å². The maximum absolute atomic E-state index is 12.0. The van der Waals surface area contributed by atoms with E-state index in [0.29, 0.717) is 5.69 Å². The van der Waals surface area contributed by atoms with Gasteiger partial charge >= 0.3 is 5.97 Å². The Morgan fingerprint density at radius 2 is 1.76 bits per heavy atom. The summed E-state index contributed by atoms with van der Waals surface area (Å²) in [5.41, 5.74) is 12.2. The number of amides is 1. The van der Waals surface area contributed by atoms with Crippen molar-refractivity contribution in [2.75, 3.05) is 31.2 Å². The van der Waals surface area contributed by atoms with Gasteiger partial charge in [-0.2, -0.15) is 0 Å². The van der Waals surface area contributed by atoms with Gasteiger partial charge in [0.1, 0.15) is 0 Å². The topological polar surface area (TPSA) is 98.7 Å². The first-order valence-electron chi connectivity index (χ1n) is 7.18. The van der Waals surface area contributed by atoms with Gasteiger partial charge in [0.05, 0.1) is 5.56 Å². The number of nitrogen functional groups attached to an aromatic ring is 2. The van der Waals surface area contributed by atoms with Crippen LogP contribution in [0.25, 0.3) is 0 Å². The molecule has 1 aromatic carbocycles. The van der Waals surface area contributed by atoms with Gasteiger partial charge in [0.15, 0.2) is 6.61 Å². The van der Waals surface area contributed by atoms with Crippen LogP contribution < -0.4 is 11.5 Å². The second-order valence-electron chi connectivity index (χ2n) is 5.22. The fourth-order valence-corrected chi connectivity index (χ4v) is 2.38. The number of anilines is 2. The van der Waals surface area contributed by atoms with Gasteiger partial charge < -0.3 is 21.1 Å². The third-order valence-electron chi connectivity index (χ3n) is 3.58. The molecule has 0 radical (unpaired) electrons.